The number of nitrogens with zero attached hydrogens (tertiary/aromatic N) is 2. The van der Waals surface area contributed by atoms with E-state index in [4.69, 9.17) is 4.74 Å². The molecule has 1 heterocycles. The second-order valence-electron chi connectivity index (χ2n) is 5.60. The molecule has 122 valence electrons. The Morgan fingerprint density at radius 3 is 2.70 bits per heavy atom. The van der Waals surface area contributed by atoms with Crippen molar-refractivity contribution in [2.24, 2.45) is 0 Å². The van der Waals surface area contributed by atoms with Crippen molar-refractivity contribution in [2.45, 2.75) is 26.2 Å². The lowest BCUT2D eigenvalue weighted by molar-refractivity contribution is -0.130. The number of ether oxygens (including phenoxy) is 1. The maximum Gasteiger partial charge on any atom is 0.222 e. The molecular weight excluding hydrogens is 288 g/mol. The first-order valence-electron chi connectivity index (χ1n) is 7.99. The number of likely N-dealkylation sites (N-methyl/N-ethyl adjacent to an activating group) is 1. The molecule has 0 radical (unpaired) electrons. The predicted octanol–water partition coefficient (Wildman–Crippen LogP) is 3.25. The number of aromatic nitrogens is 1. The molecule has 2 aromatic rings. The highest BCUT2D eigenvalue weighted by Gasteiger charge is 2.09. The second-order valence-corrected chi connectivity index (χ2v) is 5.60. The van der Waals surface area contributed by atoms with Crippen LogP contribution in [-0.2, 0) is 11.2 Å². The number of para-hydroxylation sites is 1. The van der Waals surface area contributed by atoms with E-state index in [1.165, 1.54) is 0 Å². The lowest BCUT2D eigenvalue weighted by atomic mass is 10.2. The first-order chi connectivity index (χ1) is 11.2. The Balaban J connectivity index is 1.65. The lowest BCUT2D eigenvalue weighted by Crippen LogP contribution is -2.29. The normalized spacial score (nSPS) is 10.3. The summed E-state index contributed by atoms with van der Waals surface area (Å²) in [5.74, 6) is 1.04. The quantitative estimate of drug-likeness (QED) is 0.703. The molecule has 1 aromatic carbocycles. The van der Waals surface area contributed by atoms with Crippen LogP contribution in [0.15, 0.2) is 48.7 Å². The molecule has 0 aliphatic rings. The SMILES string of the molecule is Cc1ccccc1OCCCC(=O)N(C)CCc1ccccn1. The largest absolute Gasteiger partial charge is 0.493 e. The lowest BCUT2D eigenvalue weighted by Gasteiger charge is -2.17. The summed E-state index contributed by atoms with van der Waals surface area (Å²) in [6.07, 6.45) is 3.79. The molecule has 0 saturated carbocycles. The van der Waals surface area contributed by atoms with E-state index < -0.39 is 0 Å². The van der Waals surface area contributed by atoms with Crippen molar-refractivity contribution in [3.63, 3.8) is 0 Å². The highest BCUT2D eigenvalue weighted by molar-refractivity contribution is 5.75. The summed E-state index contributed by atoms with van der Waals surface area (Å²) in [7, 11) is 1.84. The maximum atomic E-state index is 12.1. The van der Waals surface area contributed by atoms with Gasteiger partial charge in [-0.3, -0.25) is 9.78 Å². The van der Waals surface area contributed by atoms with E-state index in [1.54, 1.807) is 11.1 Å². The fourth-order valence-corrected chi connectivity index (χ4v) is 2.27. The van der Waals surface area contributed by atoms with Crippen molar-refractivity contribution in [3.05, 3.63) is 59.9 Å². The van der Waals surface area contributed by atoms with Crippen molar-refractivity contribution in [2.75, 3.05) is 20.2 Å². The van der Waals surface area contributed by atoms with E-state index in [1.807, 2.05) is 56.4 Å². The molecule has 0 aliphatic heterocycles. The summed E-state index contributed by atoms with van der Waals surface area (Å²) >= 11 is 0. The number of hydrogen-bond donors (Lipinski definition) is 0. The van der Waals surface area contributed by atoms with Crippen LogP contribution < -0.4 is 4.74 Å². The van der Waals surface area contributed by atoms with E-state index in [-0.39, 0.29) is 5.91 Å². The molecule has 1 amide bonds. The Kier molecular flexibility index (Phi) is 6.60. The summed E-state index contributed by atoms with van der Waals surface area (Å²) < 4.78 is 5.72. The minimum atomic E-state index is 0.148. The van der Waals surface area contributed by atoms with Gasteiger partial charge in [-0.25, -0.2) is 0 Å². The van der Waals surface area contributed by atoms with Crippen LogP contribution in [0.25, 0.3) is 0 Å². The molecule has 0 bridgehead atoms. The van der Waals surface area contributed by atoms with Gasteiger partial charge in [-0.15, -0.1) is 0 Å². The van der Waals surface area contributed by atoms with E-state index in [0.717, 1.165) is 29.8 Å². The van der Waals surface area contributed by atoms with Gasteiger partial charge in [0.1, 0.15) is 5.75 Å². The fraction of sp³-hybridized carbons (Fsp3) is 0.368. The first kappa shape index (κ1) is 17.0. The average Bonchev–Trinajstić information content (AvgIpc) is 2.58. The Hall–Kier alpha value is -2.36. The van der Waals surface area contributed by atoms with Crippen molar-refractivity contribution >= 4 is 5.91 Å². The number of carbonyl (C=O) groups excluding carboxylic acids is 1. The summed E-state index contributed by atoms with van der Waals surface area (Å²) in [6.45, 7) is 3.27. The zero-order valence-electron chi connectivity index (χ0n) is 13.9. The first-order valence-corrected chi connectivity index (χ1v) is 7.99. The number of aryl methyl sites for hydroxylation is 1. The number of hydrogen-bond acceptors (Lipinski definition) is 3. The van der Waals surface area contributed by atoms with Crippen LogP contribution in [0.1, 0.15) is 24.1 Å². The molecule has 0 N–H and O–H groups in total. The van der Waals surface area contributed by atoms with Crippen LogP contribution in [0.2, 0.25) is 0 Å². The monoisotopic (exact) mass is 312 g/mol. The summed E-state index contributed by atoms with van der Waals surface area (Å²) in [4.78, 5) is 18.1. The van der Waals surface area contributed by atoms with Crippen molar-refractivity contribution < 1.29 is 9.53 Å². The molecule has 4 nitrogen and oxygen atoms in total. The minimum absolute atomic E-state index is 0.148. The standard InChI is InChI=1S/C19H24N2O2/c1-16-8-3-4-10-18(16)23-15-7-11-19(22)21(2)14-12-17-9-5-6-13-20-17/h3-6,8-10,13H,7,11-12,14-15H2,1-2H3. The van der Waals surface area contributed by atoms with Gasteiger partial charge in [0.15, 0.2) is 0 Å². The van der Waals surface area contributed by atoms with Crippen LogP contribution in [-0.4, -0.2) is 36.0 Å². The highest BCUT2D eigenvalue weighted by Crippen LogP contribution is 2.16. The van der Waals surface area contributed by atoms with Gasteiger partial charge >= 0.3 is 0 Å². The Bertz CT molecular complexity index is 614. The van der Waals surface area contributed by atoms with E-state index >= 15 is 0 Å². The van der Waals surface area contributed by atoms with Gasteiger partial charge in [-0.2, -0.15) is 0 Å². The molecule has 0 spiro atoms. The zero-order chi connectivity index (χ0) is 16.5. The van der Waals surface area contributed by atoms with Crippen molar-refractivity contribution in [1.82, 2.24) is 9.88 Å². The molecule has 23 heavy (non-hydrogen) atoms. The average molecular weight is 312 g/mol. The molecular formula is C19H24N2O2. The summed E-state index contributed by atoms with van der Waals surface area (Å²) in [6, 6.07) is 13.8. The number of rotatable bonds is 8. The Morgan fingerprint density at radius 2 is 1.96 bits per heavy atom. The summed E-state index contributed by atoms with van der Waals surface area (Å²) in [5, 5.41) is 0. The molecule has 0 saturated heterocycles. The number of benzene rings is 1. The van der Waals surface area contributed by atoms with Gasteiger partial charge in [0.05, 0.1) is 6.61 Å². The van der Waals surface area contributed by atoms with Crippen LogP contribution >= 0.6 is 0 Å². The smallest absolute Gasteiger partial charge is 0.222 e. The molecule has 0 unspecified atom stereocenters. The Morgan fingerprint density at radius 1 is 1.17 bits per heavy atom. The van der Waals surface area contributed by atoms with Crippen LogP contribution in [0.4, 0.5) is 0 Å². The third-order valence-electron chi connectivity index (χ3n) is 3.74. The maximum absolute atomic E-state index is 12.1. The van der Waals surface area contributed by atoms with Crippen molar-refractivity contribution in [3.8, 4) is 5.75 Å². The third kappa shape index (κ3) is 5.74. The molecule has 4 heteroatoms. The van der Waals surface area contributed by atoms with E-state index in [9.17, 15) is 4.79 Å². The van der Waals surface area contributed by atoms with Gasteiger partial charge in [0.25, 0.3) is 0 Å². The van der Waals surface area contributed by atoms with Gasteiger partial charge in [0, 0.05) is 38.3 Å². The van der Waals surface area contributed by atoms with Crippen molar-refractivity contribution in [1.29, 1.82) is 0 Å². The molecule has 0 atom stereocenters. The van der Waals surface area contributed by atoms with Crippen LogP contribution in [0, 0.1) is 6.92 Å². The fourth-order valence-electron chi connectivity index (χ4n) is 2.27. The third-order valence-corrected chi connectivity index (χ3v) is 3.74. The van der Waals surface area contributed by atoms with Gasteiger partial charge in [0.2, 0.25) is 5.91 Å². The highest BCUT2D eigenvalue weighted by atomic mass is 16.5. The zero-order valence-corrected chi connectivity index (χ0v) is 13.9. The van der Waals surface area contributed by atoms with Gasteiger partial charge in [-0.1, -0.05) is 24.3 Å². The van der Waals surface area contributed by atoms with Gasteiger partial charge < -0.3 is 9.64 Å². The Labute approximate surface area is 138 Å². The van der Waals surface area contributed by atoms with Crippen LogP contribution in [0.3, 0.4) is 0 Å². The number of amides is 1. The minimum Gasteiger partial charge on any atom is -0.493 e. The topological polar surface area (TPSA) is 42.4 Å². The second kappa shape index (κ2) is 8.93. The number of pyridine rings is 1. The summed E-state index contributed by atoms with van der Waals surface area (Å²) in [5.41, 5.74) is 2.13. The molecule has 0 aliphatic carbocycles. The van der Waals surface area contributed by atoms with Gasteiger partial charge in [-0.05, 0) is 37.1 Å². The number of carbonyl (C=O) groups is 1. The molecule has 2 rings (SSSR count). The molecule has 0 fully saturated rings. The van der Waals surface area contributed by atoms with E-state index in [2.05, 4.69) is 4.98 Å². The van der Waals surface area contributed by atoms with Crippen LogP contribution in [0.5, 0.6) is 5.75 Å². The molecule has 1 aromatic heterocycles. The predicted molar refractivity (Wildman–Crippen MR) is 91.5 cm³/mol. The van der Waals surface area contributed by atoms with E-state index in [0.29, 0.717) is 19.6 Å².